The zero-order valence-electron chi connectivity index (χ0n) is 29.9. The molecule has 4 N–H and O–H groups in total. The maximum Gasteiger partial charge on any atom is 0.248 e. The Hall–Kier alpha value is -4.33. The van der Waals surface area contributed by atoms with Gasteiger partial charge in [0, 0.05) is 74.8 Å². The molecule has 0 saturated carbocycles. The second kappa shape index (κ2) is 19.5. The van der Waals surface area contributed by atoms with E-state index in [0.29, 0.717) is 59.3 Å². The third kappa shape index (κ3) is 11.3. The van der Waals surface area contributed by atoms with Crippen molar-refractivity contribution in [1.29, 1.82) is 0 Å². The van der Waals surface area contributed by atoms with Crippen LogP contribution < -0.4 is 21.1 Å². The molecule has 3 aromatic rings. The first-order valence-corrected chi connectivity index (χ1v) is 18.6. The number of fused-ring (bicyclic) bond motifs is 1. The van der Waals surface area contributed by atoms with E-state index in [1.54, 1.807) is 24.3 Å². The number of carbonyl (C=O) groups is 3. The van der Waals surface area contributed by atoms with E-state index in [1.165, 1.54) is 25.6 Å². The van der Waals surface area contributed by atoms with E-state index in [1.807, 2.05) is 11.0 Å². The van der Waals surface area contributed by atoms with Crippen molar-refractivity contribution in [2.24, 2.45) is 5.73 Å². The van der Waals surface area contributed by atoms with Gasteiger partial charge in [0.05, 0.1) is 23.3 Å². The lowest BCUT2D eigenvalue weighted by Gasteiger charge is -2.42. The molecule has 280 valence electrons. The largest absolute Gasteiger partial charge is 0.494 e. The molecule has 0 atom stereocenters. The summed E-state index contributed by atoms with van der Waals surface area (Å²) in [4.78, 5) is 52.1. The van der Waals surface area contributed by atoms with Gasteiger partial charge >= 0.3 is 0 Å². The number of primary amides is 1. The molecule has 0 aliphatic carbocycles. The minimum Gasteiger partial charge on any atom is -0.494 e. The number of rotatable bonds is 17. The first kappa shape index (κ1) is 38.9. The molecule has 2 fully saturated rings. The Morgan fingerprint density at radius 3 is 2.37 bits per heavy atom. The average molecular weight is 737 g/mol. The van der Waals surface area contributed by atoms with E-state index in [2.05, 4.69) is 30.4 Å². The van der Waals surface area contributed by atoms with Crippen LogP contribution in [-0.2, 0) is 14.4 Å². The topological polar surface area (TPSA) is 146 Å². The fraction of sp³-hybridized carbons (Fsp3) is 0.500. The number of nitrogens with two attached hydrogens (primary N) is 1. The number of piperidine rings is 1. The molecule has 52 heavy (non-hydrogen) atoms. The number of hydrogen-bond acceptors (Lipinski definition) is 9. The zero-order chi connectivity index (χ0) is 36.9. The molecule has 0 radical (unpaired) electrons. The highest BCUT2D eigenvalue weighted by molar-refractivity contribution is 6.31. The number of nitrogens with one attached hydrogen (secondary N) is 2. The smallest absolute Gasteiger partial charge is 0.248 e. The van der Waals surface area contributed by atoms with Gasteiger partial charge in [-0.2, -0.15) is 0 Å². The van der Waals surface area contributed by atoms with Gasteiger partial charge in [-0.05, 0) is 63.0 Å². The van der Waals surface area contributed by atoms with Gasteiger partial charge in [-0.25, -0.2) is 14.4 Å². The Balaban J connectivity index is 1.02. The van der Waals surface area contributed by atoms with Crippen molar-refractivity contribution in [1.82, 2.24) is 24.7 Å². The van der Waals surface area contributed by atoms with E-state index in [-0.39, 0.29) is 22.7 Å². The van der Waals surface area contributed by atoms with Gasteiger partial charge in [-0.15, -0.1) is 0 Å². The van der Waals surface area contributed by atoms with Crippen LogP contribution in [0, 0.1) is 5.82 Å². The van der Waals surface area contributed by atoms with E-state index in [9.17, 15) is 18.8 Å². The standard InChI is InChI=1S/C38H50ClFN8O4/c1-52-34-25-32-29(38(43-26-42-32)44-27-12-13-31(40)30(39)23-27)24-33(34)45-36(50)10-8-16-46-17-14-28(15-18-46)47-19-21-48(22-20-47)37(51)11-7-5-3-2-4-6-9-35(41)49/h8,10,12-13,23-26,28H,2-7,9,11,14-22H2,1H3,(H2,41,49)(H,45,50)(H,42,43,44)/b10-8+. The summed E-state index contributed by atoms with van der Waals surface area (Å²) in [5.74, 6) is 0.156. The van der Waals surface area contributed by atoms with Crippen LogP contribution in [0.1, 0.15) is 64.2 Å². The molecular formula is C38H50ClFN8O4. The number of piperazine rings is 1. The molecule has 1 aromatic heterocycles. The van der Waals surface area contributed by atoms with Crippen molar-refractivity contribution >= 4 is 57.4 Å². The number of carbonyl (C=O) groups excluding carboxylic acids is 3. The number of ether oxygens (including phenoxy) is 1. The lowest BCUT2D eigenvalue weighted by Crippen LogP contribution is -2.54. The van der Waals surface area contributed by atoms with Gasteiger partial charge in [0.1, 0.15) is 23.7 Å². The van der Waals surface area contributed by atoms with Gasteiger partial charge in [0.2, 0.25) is 17.7 Å². The van der Waals surface area contributed by atoms with Crippen LogP contribution in [0.2, 0.25) is 5.02 Å². The molecule has 3 heterocycles. The Labute approximate surface area is 309 Å². The molecule has 0 bridgehead atoms. The highest BCUT2D eigenvalue weighted by Gasteiger charge is 2.28. The normalized spacial score (nSPS) is 16.0. The van der Waals surface area contributed by atoms with Crippen LogP contribution >= 0.6 is 11.6 Å². The maximum atomic E-state index is 13.7. The molecule has 0 unspecified atom stereocenters. The number of halogens is 2. The first-order chi connectivity index (χ1) is 25.2. The summed E-state index contributed by atoms with van der Waals surface area (Å²) in [7, 11) is 1.53. The summed E-state index contributed by atoms with van der Waals surface area (Å²) in [6.45, 7) is 5.99. The van der Waals surface area contributed by atoms with Gasteiger partial charge in [-0.3, -0.25) is 24.2 Å². The summed E-state index contributed by atoms with van der Waals surface area (Å²) in [6, 6.07) is 8.29. The monoisotopic (exact) mass is 736 g/mol. The predicted octanol–water partition coefficient (Wildman–Crippen LogP) is 5.88. The first-order valence-electron chi connectivity index (χ1n) is 18.2. The van der Waals surface area contributed by atoms with Crippen molar-refractivity contribution in [2.45, 2.75) is 70.3 Å². The lowest BCUT2D eigenvalue weighted by atomic mass is 10.0. The van der Waals surface area contributed by atoms with Crippen LogP contribution in [-0.4, -0.2) is 101 Å². The molecule has 2 aliphatic heterocycles. The SMILES string of the molecule is COc1cc2ncnc(Nc3ccc(F)c(Cl)c3)c2cc1NC(=O)/C=C/CN1CCC(N2CCN(C(=O)CCCCCCCCC(N)=O)CC2)CC1. The number of benzene rings is 2. The van der Waals surface area contributed by atoms with Crippen LogP contribution in [0.25, 0.3) is 10.9 Å². The number of hydrogen-bond donors (Lipinski definition) is 3. The maximum absolute atomic E-state index is 13.7. The minimum absolute atomic E-state index is 0.0111. The number of anilines is 3. The molecular weight excluding hydrogens is 687 g/mol. The summed E-state index contributed by atoms with van der Waals surface area (Å²) < 4.78 is 19.2. The van der Waals surface area contributed by atoms with Crippen molar-refractivity contribution in [3.8, 4) is 5.75 Å². The quantitative estimate of drug-likeness (QED) is 0.114. The van der Waals surface area contributed by atoms with Crippen LogP contribution in [0.5, 0.6) is 5.75 Å². The Morgan fingerprint density at radius 2 is 1.67 bits per heavy atom. The summed E-state index contributed by atoms with van der Waals surface area (Å²) in [5.41, 5.74) is 6.80. The van der Waals surface area contributed by atoms with Crippen molar-refractivity contribution < 1.29 is 23.5 Å². The Bertz CT molecular complexity index is 1710. The fourth-order valence-electron chi connectivity index (χ4n) is 6.89. The molecule has 5 rings (SSSR count). The molecule has 14 heteroatoms. The number of amides is 3. The van der Waals surface area contributed by atoms with Crippen molar-refractivity contribution in [3.05, 3.63) is 59.7 Å². The number of nitrogens with zero attached hydrogens (tertiary/aromatic N) is 5. The van der Waals surface area contributed by atoms with Gasteiger partial charge < -0.3 is 26.0 Å². The second-order valence-corrected chi connectivity index (χ2v) is 13.9. The molecule has 2 saturated heterocycles. The zero-order valence-corrected chi connectivity index (χ0v) is 30.7. The third-order valence-electron chi connectivity index (χ3n) is 9.83. The van der Waals surface area contributed by atoms with Gasteiger partial charge in [0.15, 0.2) is 0 Å². The van der Waals surface area contributed by atoms with Crippen molar-refractivity contribution in [2.75, 3.05) is 63.6 Å². The lowest BCUT2D eigenvalue weighted by molar-refractivity contribution is -0.133. The number of methoxy groups -OCH3 is 1. The number of unbranched alkanes of at least 4 members (excludes halogenated alkanes) is 5. The molecule has 12 nitrogen and oxygen atoms in total. The van der Waals surface area contributed by atoms with Gasteiger partial charge in [-0.1, -0.05) is 43.4 Å². The Morgan fingerprint density at radius 1 is 0.962 bits per heavy atom. The van der Waals surface area contributed by atoms with Crippen molar-refractivity contribution in [3.63, 3.8) is 0 Å². The summed E-state index contributed by atoms with van der Waals surface area (Å²) in [6.07, 6.45) is 14.1. The molecule has 2 aliphatic rings. The minimum atomic E-state index is -0.516. The summed E-state index contributed by atoms with van der Waals surface area (Å²) in [5, 5.41) is 6.69. The van der Waals surface area contributed by atoms with Crippen LogP contribution in [0.3, 0.4) is 0 Å². The van der Waals surface area contributed by atoms with E-state index < -0.39 is 5.82 Å². The number of aromatic nitrogens is 2. The molecule has 3 amide bonds. The highest BCUT2D eigenvalue weighted by atomic mass is 35.5. The Kier molecular flexibility index (Phi) is 14.6. The van der Waals surface area contributed by atoms with Gasteiger partial charge in [0.25, 0.3) is 0 Å². The molecule has 0 spiro atoms. The highest BCUT2D eigenvalue weighted by Crippen LogP contribution is 2.33. The van der Waals surface area contributed by atoms with E-state index in [4.69, 9.17) is 22.1 Å². The summed E-state index contributed by atoms with van der Waals surface area (Å²) >= 11 is 5.95. The number of likely N-dealkylation sites (tertiary alicyclic amines) is 1. The third-order valence-corrected chi connectivity index (χ3v) is 10.1. The van der Waals surface area contributed by atoms with Crippen LogP contribution in [0.4, 0.5) is 21.6 Å². The average Bonchev–Trinajstić information content (AvgIpc) is 3.14. The molecule has 2 aromatic carbocycles. The predicted molar refractivity (Wildman–Crippen MR) is 202 cm³/mol. The van der Waals surface area contributed by atoms with E-state index >= 15 is 0 Å². The van der Waals surface area contributed by atoms with Crippen LogP contribution in [0.15, 0.2) is 48.8 Å². The second-order valence-electron chi connectivity index (χ2n) is 13.5. The van der Waals surface area contributed by atoms with E-state index in [0.717, 1.165) is 90.6 Å². The fourth-order valence-corrected chi connectivity index (χ4v) is 7.07.